The van der Waals surface area contributed by atoms with E-state index in [1.165, 1.54) is 6.08 Å². The van der Waals surface area contributed by atoms with Gasteiger partial charge in [0.1, 0.15) is 10.7 Å². The fourth-order valence-corrected chi connectivity index (χ4v) is 2.33. The van der Waals surface area contributed by atoms with Crippen molar-refractivity contribution in [3.05, 3.63) is 70.2 Å². The molecule has 0 amide bonds. The summed E-state index contributed by atoms with van der Waals surface area (Å²) in [5.41, 5.74) is 1.33. The minimum Gasteiger partial charge on any atom is -0.507 e. The number of para-hydroxylation sites is 1. The molecule has 0 unspecified atom stereocenters. The first-order chi connectivity index (χ1) is 9.56. The highest BCUT2D eigenvalue weighted by Crippen LogP contribution is 2.25. The van der Waals surface area contributed by atoms with Crippen LogP contribution in [0.3, 0.4) is 0 Å². The molecule has 0 radical (unpaired) electrons. The van der Waals surface area contributed by atoms with Gasteiger partial charge in [0.2, 0.25) is 0 Å². The summed E-state index contributed by atoms with van der Waals surface area (Å²) in [4.78, 5) is 0.389. The Morgan fingerprint density at radius 2 is 1.80 bits per heavy atom. The summed E-state index contributed by atoms with van der Waals surface area (Å²) in [6.07, 6.45) is 1.44. The zero-order valence-electron chi connectivity index (χ0n) is 10.3. The number of benzene rings is 2. The number of halogens is 2. The Morgan fingerprint density at radius 3 is 2.45 bits per heavy atom. The number of aliphatic hydroxyl groups excluding tert-OH is 1. The zero-order chi connectivity index (χ0) is 14.5. The van der Waals surface area contributed by atoms with E-state index >= 15 is 0 Å². The van der Waals surface area contributed by atoms with Crippen LogP contribution in [-0.4, -0.2) is 10.1 Å². The van der Waals surface area contributed by atoms with Crippen molar-refractivity contribution >= 4 is 51.9 Å². The van der Waals surface area contributed by atoms with Crippen LogP contribution in [0.5, 0.6) is 0 Å². The molecule has 2 aromatic rings. The van der Waals surface area contributed by atoms with Gasteiger partial charge in [-0.05, 0) is 30.3 Å². The maximum atomic E-state index is 10.0. The topological polar surface area (TPSA) is 32.3 Å². The predicted octanol–water partition coefficient (Wildman–Crippen LogP) is 5.33. The van der Waals surface area contributed by atoms with E-state index in [0.717, 1.165) is 5.69 Å². The van der Waals surface area contributed by atoms with E-state index in [-0.39, 0.29) is 5.76 Å². The highest BCUT2D eigenvalue weighted by Gasteiger charge is 2.06. The van der Waals surface area contributed by atoms with Gasteiger partial charge in [0, 0.05) is 22.3 Å². The Bertz CT molecular complexity index is 656. The third-order valence-corrected chi connectivity index (χ3v) is 3.28. The Balaban J connectivity index is 2.15. The van der Waals surface area contributed by atoms with Crippen LogP contribution in [0.15, 0.2) is 54.6 Å². The van der Waals surface area contributed by atoms with Crippen LogP contribution >= 0.6 is 35.4 Å². The van der Waals surface area contributed by atoms with E-state index in [1.54, 1.807) is 18.2 Å². The second-order valence-corrected chi connectivity index (χ2v) is 5.29. The Hall–Kier alpha value is -1.55. The van der Waals surface area contributed by atoms with Crippen LogP contribution in [0, 0.1) is 0 Å². The van der Waals surface area contributed by atoms with Crippen LogP contribution in [0.2, 0.25) is 10.0 Å². The van der Waals surface area contributed by atoms with Crippen LogP contribution in [0.4, 0.5) is 5.69 Å². The van der Waals surface area contributed by atoms with Gasteiger partial charge >= 0.3 is 0 Å². The maximum Gasteiger partial charge on any atom is 0.127 e. The molecule has 0 heterocycles. The third-order valence-electron chi connectivity index (χ3n) is 2.52. The third kappa shape index (κ3) is 3.97. The summed E-state index contributed by atoms with van der Waals surface area (Å²) in [5.74, 6) is -0.0138. The SMILES string of the molecule is O/C(=C\C(=S)Nc1ccccc1)c1ccc(Cl)cc1Cl. The first-order valence-electron chi connectivity index (χ1n) is 5.78. The molecule has 0 atom stereocenters. The van der Waals surface area contributed by atoms with Crippen LogP contribution in [-0.2, 0) is 0 Å². The Morgan fingerprint density at radius 1 is 1.10 bits per heavy atom. The van der Waals surface area contributed by atoms with Crippen molar-refractivity contribution in [2.24, 2.45) is 0 Å². The van der Waals surface area contributed by atoms with E-state index in [1.807, 2.05) is 30.3 Å². The summed E-state index contributed by atoms with van der Waals surface area (Å²) < 4.78 is 0. The number of hydrogen-bond acceptors (Lipinski definition) is 2. The van der Waals surface area contributed by atoms with Crippen molar-refractivity contribution in [2.45, 2.75) is 0 Å². The average molecular weight is 324 g/mol. The van der Waals surface area contributed by atoms with Crippen LogP contribution in [0.25, 0.3) is 5.76 Å². The number of hydrogen-bond donors (Lipinski definition) is 2. The van der Waals surface area contributed by atoms with Gasteiger partial charge in [0.05, 0.1) is 5.02 Å². The number of anilines is 1. The zero-order valence-corrected chi connectivity index (χ0v) is 12.6. The van der Waals surface area contributed by atoms with Gasteiger partial charge in [-0.2, -0.15) is 0 Å². The highest BCUT2D eigenvalue weighted by molar-refractivity contribution is 7.81. The lowest BCUT2D eigenvalue weighted by molar-refractivity contribution is 0.512. The van der Waals surface area contributed by atoms with E-state index in [4.69, 9.17) is 35.4 Å². The first kappa shape index (κ1) is 14.9. The van der Waals surface area contributed by atoms with Gasteiger partial charge in [-0.1, -0.05) is 53.6 Å². The summed E-state index contributed by atoms with van der Waals surface area (Å²) in [6.45, 7) is 0. The molecule has 0 bridgehead atoms. The van der Waals surface area contributed by atoms with Crippen LogP contribution in [0.1, 0.15) is 5.56 Å². The van der Waals surface area contributed by atoms with E-state index in [9.17, 15) is 5.11 Å². The lowest BCUT2D eigenvalue weighted by Gasteiger charge is -2.07. The van der Waals surface area contributed by atoms with Crippen molar-refractivity contribution in [3.8, 4) is 0 Å². The van der Waals surface area contributed by atoms with Gasteiger partial charge in [0.15, 0.2) is 0 Å². The second kappa shape index (κ2) is 6.75. The molecule has 2 nitrogen and oxygen atoms in total. The lowest BCUT2D eigenvalue weighted by Crippen LogP contribution is -2.06. The van der Waals surface area contributed by atoms with Crippen LogP contribution < -0.4 is 5.32 Å². The fourth-order valence-electron chi connectivity index (χ4n) is 1.60. The molecule has 20 heavy (non-hydrogen) atoms. The first-order valence-corrected chi connectivity index (χ1v) is 6.95. The quantitative estimate of drug-likeness (QED) is 0.454. The molecule has 0 aliphatic heterocycles. The average Bonchev–Trinajstić information content (AvgIpc) is 2.39. The maximum absolute atomic E-state index is 10.0. The number of thiocarbonyl (C=S) groups is 1. The smallest absolute Gasteiger partial charge is 0.127 e. The molecule has 0 spiro atoms. The molecule has 0 aliphatic rings. The van der Waals surface area contributed by atoms with E-state index in [0.29, 0.717) is 20.6 Å². The Labute approximate surface area is 132 Å². The molecule has 0 saturated carbocycles. The largest absolute Gasteiger partial charge is 0.507 e. The number of aliphatic hydroxyl groups is 1. The molecular weight excluding hydrogens is 313 g/mol. The second-order valence-electron chi connectivity index (χ2n) is 4.01. The molecule has 0 saturated heterocycles. The van der Waals surface area contributed by atoms with E-state index in [2.05, 4.69) is 5.32 Å². The minimum atomic E-state index is -0.0138. The molecule has 0 aromatic heterocycles. The van der Waals surface area contributed by atoms with Gasteiger partial charge in [0.25, 0.3) is 0 Å². The van der Waals surface area contributed by atoms with Gasteiger partial charge < -0.3 is 10.4 Å². The van der Waals surface area contributed by atoms with E-state index < -0.39 is 0 Å². The van der Waals surface area contributed by atoms with Crippen molar-refractivity contribution < 1.29 is 5.11 Å². The predicted molar refractivity (Wildman–Crippen MR) is 89.7 cm³/mol. The van der Waals surface area contributed by atoms with Crippen molar-refractivity contribution in [1.29, 1.82) is 0 Å². The van der Waals surface area contributed by atoms with Crippen molar-refractivity contribution in [3.63, 3.8) is 0 Å². The van der Waals surface area contributed by atoms with Gasteiger partial charge in [-0.15, -0.1) is 0 Å². The molecule has 102 valence electrons. The number of nitrogens with one attached hydrogen (secondary N) is 1. The molecule has 2 aromatic carbocycles. The molecule has 2 rings (SSSR count). The summed E-state index contributed by atoms with van der Waals surface area (Å²) >= 11 is 17.0. The van der Waals surface area contributed by atoms with Gasteiger partial charge in [-0.3, -0.25) is 0 Å². The minimum absolute atomic E-state index is 0.0138. The molecular formula is C15H11Cl2NOS. The Kier molecular flexibility index (Phi) is 5.01. The molecule has 0 fully saturated rings. The fraction of sp³-hybridized carbons (Fsp3) is 0. The monoisotopic (exact) mass is 323 g/mol. The van der Waals surface area contributed by atoms with Crippen molar-refractivity contribution in [1.82, 2.24) is 0 Å². The normalized spacial score (nSPS) is 11.2. The lowest BCUT2D eigenvalue weighted by atomic mass is 10.2. The molecule has 2 N–H and O–H groups in total. The summed E-state index contributed by atoms with van der Waals surface area (Å²) in [6, 6.07) is 14.3. The highest BCUT2D eigenvalue weighted by atomic mass is 35.5. The molecule has 5 heteroatoms. The standard InChI is InChI=1S/C15H11Cl2NOS/c16-10-6-7-12(13(17)8-10)14(19)9-15(20)18-11-4-2-1-3-5-11/h1-9,19H,(H,18,20)/b14-9-. The van der Waals surface area contributed by atoms with Gasteiger partial charge in [-0.25, -0.2) is 0 Å². The van der Waals surface area contributed by atoms with Crippen molar-refractivity contribution in [2.75, 3.05) is 5.32 Å². The molecule has 0 aliphatic carbocycles. The number of rotatable bonds is 3. The summed E-state index contributed by atoms with van der Waals surface area (Å²) in [5, 5.41) is 13.9. The summed E-state index contributed by atoms with van der Waals surface area (Å²) in [7, 11) is 0.